The van der Waals surface area contributed by atoms with Crippen LogP contribution in [-0.2, 0) is 0 Å². The Hall–Kier alpha value is -2.70. The van der Waals surface area contributed by atoms with Crippen LogP contribution in [0.3, 0.4) is 0 Å². The van der Waals surface area contributed by atoms with Gasteiger partial charge in [0, 0.05) is 0 Å². The molecule has 6 rings (SSSR count). The molecule has 1 aliphatic rings. The molecular formula is C35H27I3NO2-. The molecule has 6 heteroatoms. The summed E-state index contributed by atoms with van der Waals surface area (Å²) in [6.45, 7) is 2.25. The standard InChI is InChI=1S/C35H27I3NO2/c1-2-36-30-15-13-25(14-16-30)34-37-33(28-17-26(19-31(40)21-28)23-9-5-3-6-10-23)38-35(39-34)29-18-27(20-32(41)22-29)24-11-7-4-8-12-24/h3-22,40-41H,2H2,1H3/q-1. The van der Waals surface area contributed by atoms with Gasteiger partial charge in [0.05, 0.1) is 0 Å². The van der Waals surface area contributed by atoms with Gasteiger partial charge in [-0.3, -0.25) is 0 Å². The van der Waals surface area contributed by atoms with Gasteiger partial charge in [-0.05, 0) is 0 Å². The molecule has 0 saturated heterocycles. The second-order valence-electron chi connectivity index (χ2n) is 9.32. The molecule has 5 aromatic carbocycles. The predicted molar refractivity (Wildman–Crippen MR) is 186 cm³/mol. The summed E-state index contributed by atoms with van der Waals surface area (Å²) in [6.07, 6.45) is 0. The van der Waals surface area contributed by atoms with Crippen molar-refractivity contribution in [2.75, 3.05) is 4.43 Å². The van der Waals surface area contributed by atoms with E-state index in [0.717, 1.165) is 40.7 Å². The Balaban J connectivity index is 1.49. The zero-order chi connectivity index (χ0) is 28.2. The Morgan fingerprint density at radius 1 is 0.561 bits per heavy atom. The number of hydrogen-bond donors (Lipinski definition) is 2. The van der Waals surface area contributed by atoms with Crippen molar-refractivity contribution in [2.45, 2.75) is 6.92 Å². The van der Waals surface area contributed by atoms with Gasteiger partial charge in [0.2, 0.25) is 0 Å². The zero-order valence-electron chi connectivity index (χ0n) is 22.2. The Morgan fingerprint density at radius 3 is 1.68 bits per heavy atom. The van der Waals surface area contributed by atoms with E-state index in [1.807, 2.05) is 60.7 Å². The molecule has 5 aromatic rings. The SMILES string of the molecule is CC[I-]c1ccc(C2=IC(c3cc(O)cc(-c4ccccc4)c3)=IC(c3cc(O)cc(-c4ccccc4)c3)=N2)cc1. The summed E-state index contributed by atoms with van der Waals surface area (Å²) < 4.78 is 6.27. The molecule has 0 aliphatic carbocycles. The van der Waals surface area contributed by atoms with Crippen molar-refractivity contribution in [3.8, 4) is 33.8 Å². The number of aliphatic imine (C=N–C) groups is 1. The molecule has 0 radical (unpaired) electrons. The predicted octanol–water partition coefficient (Wildman–Crippen LogP) is 5.77. The van der Waals surface area contributed by atoms with Crippen LogP contribution < -0.4 is 21.2 Å². The molecule has 0 amide bonds. The van der Waals surface area contributed by atoms with Crippen LogP contribution in [0.15, 0.2) is 126 Å². The number of phenolic OH excluding ortho intramolecular Hbond substituents is 2. The second-order valence-corrected chi connectivity index (χ2v) is 20.2. The first kappa shape index (κ1) is 28.4. The number of phenols is 2. The summed E-state index contributed by atoms with van der Waals surface area (Å²) in [7, 11) is 0. The van der Waals surface area contributed by atoms with E-state index in [9.17, 15) is 10.2 Å². The van der Waals surface area contributed by atoms with E-state index in [4.69, 9.17) is 4.99 Å². The van der Waals surface area contributed by atoms with Crippen molar-refractivity contribution in [1.29, 1.82) is 0 Å². The number of benzene rings is 5. The number of hydrogen-bond acceptors (Lipinski definition) is 3. The number of alkyl halides is 1. The molecule has 206 valence electrons. The van der Waals surface area contributed by atoms with Crippen LogP contribution in [0, 0.1) is 3.57 Å². The van der Waals surface area contributed by atoms with Crippen molar-refractivity contribution in [2.24, 2.45) is 4.99 Å². The third-order valence-corrected chi connectivity index (χ3v) is 16.5. The van der Waals surface area contributed by atoms with Crippen molar-refractivity contribution < 1.29 is 31.4 Å². The molecular weight excluding hydrogens is 847 g/mol. The van der Waals surface area contributed by atoms with Crippen LogP contribution in [0.25, 0.3) is 22.3 Å². The molecule has 0 saturated carbocycles. The summed E-state index contributed by atoms with van der Waals surface area (Å²) >= 11 is -1.10. The van der Waals surface area contributed by atoms with Gasteiger partial charge < -0.3 is 0 Å². The van der Waals surface area contributed by atoms with Crippen LogP contribution in [-0.4, -0.2) is 23.5 Å². The number of rotatable bonds is 7. The van der Waals surface area contributed by atoms with Gasteiger partial charge in [-0.2, -0.15) is 0 Å². The average molecular weight is 874 g/mol. The quantitative estimate of drug-likeness (QED) is 0.162. The fourth-order valence-electron chi connectivity index (χ4n) is 4.53. The van der Waals surface area contributed by atoms with Gasteiger partial charge in [-0.15, -0.1) is 0 Å². The van der Waals surface area contributed by atoms with Crippen molar-refractivity contribution in [1.82, 2.24) is 0 Å². The summed E-state index contributed by atoms with van der Waals surface area (Å²) in [6, 6.07) is 41.2. The number of halogens is 3. The fraction of sp³-hybridized carbons (Fsp3) is 0.0571. The topological polar surface area (TPSA) is 52.8 Å². The van der Waals surface area contributed by atoms with Gasteiger partial charge in [0.25, 0.3) is 0 Å². The van der Waals surface area contributed by atoms with Gasteiger partial charge in [-0.1, -0.05) is 36.4 Å². The molecule has 0 atom stereocenters. The Morgan fingerprint density at radius 2 is 1.10 bits per heavy atom. The maximum atomic E-state index is 10.8. The number of aromatic hydroxyl groups is 2. The van der Waals surface area contributed by atoms with Gasteiger partial charge in [-0.25, -0.2) is 0 Å². The summed E-state index contributed by atoms with van der Waals surface area (Å²) in [4.78, 5) is 5.30. The van der Waals surface area contributed by atoms with Crippen LogP contribution in [0.5, 0.6) is 11.5 Å². The van der Waals surface area contributed by atoms with Crippen LogP contribution >= 0.6 is 41.5 Å². The third kappa shape index (κ3) is 6.86. The summed E-state index contributed by atoms with van der Waals surface area (Å²) in [5, 5.41) is 21.5. The molecule has 3 nitrogen and oxygen atoms in total. The van der Waals surface area contributed by atoms with Crippen LogP contribution in [0.1, 0.15) is 23.6 Å². The zero-order valence-corrected chi connectivity index (χ0v) is 28.7. The van der Waals surface area contributed by atoms with E-state index < -0.39 is 41.5 Å². The second kappa shape index (κ2) is 13.1. The fourth-order valence-corrected chi connectivity index (χ4v) is 14.3. The van der Waals surface area contributed by atoms with Crippen LogP contribution in [0.4, 0.5) is 0 Å². The Bertz CT molecular complexity index is 1710. The first-order chi connectivity index (χ1) is 20.1. The van der Waals surface area contributed by atoms with E-state index >= 15 is 0 Å². The van der Waals surface area contributed by atoms with Crippen molar-refractivity contribution >= 4 is 50.3 Å². The van der Waals surface area contributed by atoms with Gasteiger partial charge in [0.1, 0.15) is 0 Å². The van der Waals surface area contributed by atoms with Gasteiger partial charge in [0.15, 0.2) is 0 Å². The molecule has 0 bridgehead atoms. The van der Waals surface area contributed by atoms with E-state index in [1.54, 1.807) is 0 Å². The summed E-state index contributed by atoms with van der Waals surface area (Å²) in [5.41, 5.74) is 7.39. The monoisotopic (exact) mass is 874 g/mol. The molecule has 1 aliphatic heterocycles. The first-order valence-corrected chi connectivity index (χ1v) is 20.1. The van der Waals surface area contributed by atoms with E-state index in [2.05, 4.69) is 67.6 Å². The van der Waals surface area contributed by atoms with Gasteiger partial charge >= 0.3 is 237 Å². The minimum atomic E-state index is -0.619. The Kier molecular flexibility index (Phi) is 9.07. The van der Waals surface area contributed by atoms with Crippen molar-refractivity contribution in [3.05, 3.63) is 142 Å². The molecule has 2 N–H and O–H groups in total. The maximum absolute atomic E-state index is 10.8. The normalized spacial score (nSPS) is 13.3. The molecule has 1 heterocycles. The van der Waals surface area contributed by atoms with Crippen LogP contribution in [0.2, 0.25) is 0 Å². The Labute approximate surface area is 270 Å². The average Bonchev–Trinajstić information content (AvgIpc) is 3.01. The minimum absolute atomic E-state index is 0.0553. The third-order valence-electron chi connectivity index (χ3n) is 6.42. The molecule has 41 heavy (non-hydrogen) atoms. The van der Waals surface area contributed by atoms with E-state index in [0.29, 0.717) is 0 Å². The number of nitrogens with zero attached hydrogens (tertiary/aromatic N) is 1. The van der Waals surface area contributed by atoms with E-state index in [1.165, 1.54) is 15.1 Å². The van der Waals surface area contributed by atoms with Crippen molar-refractivity contribution in [3.63, 3.8) is 0 Å². The molecule has 0 unspecified atom stereocenters. The molecule has 0 aromatic heterocycles. The first-order valence-electron chi connectivity index (χ1n) is 13.2. The molecule has 0 spiro atoms. The van der Waals surface area contributed by atoms with E-state index in [-0.39, 0.29) is 32.7 Å². The summed E-state index contributed by atoms with van der Waals surface area (Å²) in [5.74, 6) is 0.525. The molecule has 0 fully saturated rings.